The average Bonchev–Trinajstić information content (AvgIpc) is 3.16. The number of carbonyl (C=O) groups excluding carboxylic acids is 1. The molecule has 0 fully saturated rings. The summed E-state index contributed by atoms with van der Waals surface area (Å²) in [4.78, 5) is 26.2. The molecule has 1 atom stereocenters. The first-order valence-electron chi connectivity index (χ1n) is 9.98. The molecule has 0 radical (unpaired) electrons. The zero-order valence-corrected chi connectivity index (χ0v) is 17.0. The van der Waals surface area contributed by atoms with Gasteiger partial charge in [-0.25, -0.2) is 9.97 Å². The highest BCUT2D eigenvalue weighted by molar-refractivity contribution is 5.92. The maximum Gasteiger partial charge on any atom is 0.273 e. The van der Waals surface area contributed by atoms with E-state index in [4.69, 9.17) is 9.51 Å². The van der Waals surface area contributed by atoms with Crippen LogP contribution in [0.25, 0.3) is 11.4 Å². The summed E-state index contributed by atoms with van der Waals surface area (Å²) in [5.41, 5.74) is 3.19. The molecule has 1 aliphatic rings. The molecule has 7 heteroatoms. The Kier molecular flexibility index (Phi) is 5.13. The van der Waals surface area contributed by atoms with Crippen LogP contribution in [-0.4, -0.2) is 26.0 Å². The van der Waals surface area contributed by atoms with E-state index in [2.05, 4.69) is 41.2 Å². The second-order valence-electron chi connectivity index (χ2n) is 8.33. The van der Waals surface area contributed by atoms with E-state index in [0.717, 1.165) is 48.3 Å². The van der Waals surface area contributed by atoms with E-state index >= 15 is 0 Å². The molecule has 150 valence electrons. The minimum atomic E-state index is -0.233. The van der Waals surface area contributed by atoms with E-state index in [1.165, 1.54) is 0 Å². The molecular weight excluding hydrogens is 366 g/mol. The van der Waals surface area contributed by atoms with Gasteiger partial charge in [-0.1, -0.05) is 25.9 Å². The van der Waals surface area contributed by atoms with Crippen molar-refractivity contribution < 1.29 is 9.32 Å². The molecule has 0 saturated heterocycles. The largest absolute Gasteiger partial charge is 0.361 e. The van der Waals surface area contributed by atoms with Gasteiger partial charge in [0, 0.05) is 42.2 Å². The molecule has 1 amide bonds. The number of hydrogen-bond acceptors (Lipinski definition) is 6. The monoisotopic (exact) mass is 391 g/mol. The van der Waals surface area contributed by atoms with Crippen LogP contribution in [0.3, 0.4) is 0 Å². The number of nitrogens with zero attached hydrogens (tertiary/aromatic N) is 4. The van der Waals surface area contributed by atoms with Gasteiger partial charge in [0.2, 0.25) is 0 Å². The van der Waals surface area contributed by atoms with Crippen LogP contribution >= 0.6 is 0 Å². The Morgan fingerprint density at radius 1 is 1.31 bits per heavy atom. The number of amides is 1. The fourth-order valence-electron chi connectivity index (χ4n) is 3.83. The normalized spacial score (nSPS) is 17.6. The van der Waals surface area contributed by atoms with Gasteiger partial charge in [-0.2, -0.15) is 0 Å². The number of carbonyl (C=O) groups is 1. The Morgan fingerprint density at radius 3 is 2.86 bits per heavy atom. The minimum absolute atomic E-state index is 0.00596. The molecule has 0 saturated carbocycles. The number of rotatable bonds is 5. The van der Waals surface area contributed by atoms with Gasteiger partial charge in [-0.3, -0.25) is 9.78 Å². The van der Waals surface area contributed by atoms with E-state index in [-0.39, 0.29) is 17.4 Å². The molecule has 7 nitrogen and oxygen atoms in total. The Labute approximate surface area is 170 Å². The topological polar surface area (TPSA) is 93.8 Å². The van der Waals surface area contributed by atoms with Crippen molar-refractivity contribution in [3.8, 4) is 11.4 Å². The average molecular weight is 391 g/mol. The van der Waals surface area contributed by atoms with Crippen molar-refractivity contribution in [1.29, 1.82) is 0 Å². The van der Waals surface area contributed by atoms with Crippen LogP contribution in [0.15, 0.2) is 41.3 Å². The van der Waals surface area contributed by atoms with Gasteiger partial charge in [0.15, 0.2) is 11.5 Å². The zero-order chi connectivity index (χ0) is 20.4. The molecular formula is C22H25N5O2. The van der Waals surface area contributed by atoms with Crippen LogP contribution in [0, 0.1) is 5.41 Å². The molecule has 0 aromatic carbocycles. The molecule has 3 aromatic heterocycles. The van der Waals surface area contributed by atoms with Crippen molar-refractivity contribution in [2.75, 3.05) is 0 Å². The summed E-state index contributed by atoms with van der Waals surface area (Å²) < 4.78 is 5.25. The first-order valence-corrected chi connectivity index (χ1v) is 9.98. The van der Waals surface area contributed by atoms with Gasteiger partial charge in [-0.05, 0) is 36.8 Å². The maximum absolute atomic E-state index is 12.8. The Bertz CT molecular complexity index is 1010. The first-order chi connectivity index (χ1) is 13.9. The van der Waals surface area contributed by atoms with Crippen molar-refractivity contribution in [3.05, 3.63) is 59.5 Å². The smallest absolute Gasteiger partial charge is 0.273 e. The number of nitrogens with one attached hydrogen (secondary N) is 1. The third kappa shape index (κ3) is 4.18. The number of aromatic nitrogens is 4. The Morgan fingerprint density at radius 2 is 2.10 bits per heavy atom. The van der Waals surface area contributed by atoms with Crippen LogP contribution < -0.4 is 5.32 Å². The predicted octanol–water partition coefficient (Wildman–Crippen LogP) is 3.92. The lowest BCUT2D eigenvalue weighted by molar-refractivity contribution is 0.0909. The molecule has 0 unspecified atom stereocenters. The molecule has 0 bridgehead atoms. The van der Waals surface area contributed by atoms with E-state index in [1.54, 1.807) is 18.5 Å². The van der Waals surface area contributed by atoms with Crippen LogP contribution in [0.2, 0.25) is 0 Å². The molecule has 1 aliphatic carbocycles. The molecule has 0 spiro atoms. The van der Waals surface area contributed by atoms with Crippen molar-refractivity contribution in [1.82, 2.24) is 25.4 Å². The molecule has 3 aromatic rings. The lowest BCUT2D eigenvalue weighted by Crippen LogP contribution is -2.37. The summed E-state index contributed by atoms with van der Waals surface area (Å²) in [6.45, 7) is 6.45. The first kappa shape index (κ1) is 19.2. The van der Waals surface area contributed by atoms with Crippen LogP contribution in [0.5, 0.6) is 0 Å². The van der Waals surface area contributed by atoms with Crippen LogP contribution in [0.1, 0.15) is 67.2 Å². The van der Waals surface area contributed by atoms with Gasteiger partial charge < -0.3 is 9.84 Å². The number of hydrogen-bond donors (Lipinski definition) is 1. The molecule has 29 heavy (non-hydrogen) atoms. The van der Waals surface area contributed by atoms with Crippen LogP contribution in [0.4, 0.5) is 0 Å². The fourth-order valence-corrected chi connectivity index (χ4v) is 3.83. The zero-order valence-electron chi connectivity index (χ0n) is 17.0. The molecule has 3 heterocycles. The lowest BCUT2D eigenvalue weighted by Gasteiger charge is -2.36. The van der Waals surface area contributed by atoms with E-state index in [0.29, 0.717) is 11.5 Å². The quantitative estimate of drug-likeness (QED) is 0.708. The lowest BCUT2D eigenvalue weighted by atomic mass is 9.74. The van der Waals surface area contributed by atoms with Gasteiger partial charge >= 0.3 is 0 Å². The number of pyridine rings is 1. The molecule has 4 rings (SSSR count). The van der Waals surface area contributed by atoms with E-state index < -0.39 is 0 Å². The van der Waals surface area contributed by atoms with Crippen molar-refractivity contribution in [2.45, 2.75) is 52.5 Å². The summed E-state index contributed by atoms with van der Waals surface area (Å²) in [6.07, 6.45) is 8.65. The number of aryl methyl sites for hydroxylation is 1. The predicted molar refractivity (Wildman–Crippen MR) is 108 cm³/mol. The Balaban J connectivity index is 1.60. The highest BCUT2D eigenvalue weighted by Crippen LogP contribution is 2.40. The molecule has 1 N–H and O–H groups in total. The fraction of sp³-hybridized carbons (Fsp3) is 0.409. The van der Waals surface area contributed by atoms with E-state index in [9.17, 15) is 4.79 Å². The highest BCUT2D eigenvalue weighted by Gasteiger charge is 2.35. The minimum Gasteiger partial charge on any atom is -0.361 e. The third-order valence-corrected chi connectivity index (χ3v) is 5.21. The standard InChI is InChI=1S/C22H25N5O2/c1-4-5-15-10-17(27-29-15)21(28)26-19-12-22(2,3)11-18-16(19)13-24-20(25-18)14-6-8-23-9-7-14/h6-10,13,19H,4-5,11-12H2,1-3H3,(H,26,28)/t19-/m1/s1. The highest BCUT2D eigenvalue weighted by atomic mass is 16.5. The SMILES string of the molecule is CCCc1cc(C(=O)N[C@@H]2CC(C)(C)Cc3nc(-c4ccncc4)ncc32)no1. The van der Waals surface area contributed by atoms with E-state index in [1.807, 2.05) is 18.3 Å². The summed E-state index contributed by atoms with van der Waals surface area (Å²) >= 11 is 0. The second-order valence-corrected chi connectivity index (χ2v) is 8.33. The van der Waals surface area contributed by atoms with Gasteiger partial charge in [0.1, 0.15) is 5.76 Å². The second kappa shape index (κ2) is 7.73. The Hall–Kier alpha value is -3.09. The van der Waals surface area contributed by atoms with Gasteiger partial charge in [0.05, 0.1) is 11.7 Å². The summed E-state index contributed by atoms with van der Waals surface area (Å²) in [6, 6.07) is 5.34. The summed E-state index contributed by atoms with van der Waals surface area (Å²) in [5, 5.41) is 7.03. The maximum atomic E-state index is 12.8. The summed E-state index contributed by atoms with van der Waals surface area (Å²) in [7, 11) is 0. The number of fused-ring (bicyclic) bond motifs is 1. The van der Waals surface area contributed by atoms with Crippen molar-refractivity contribution in [3.63, 3.8) is 0 Å². The van der Waals surface area contributed by atoms with Crippen LogP contribution in [-0.2, 0) is 12.8 Å². The summed E-state index contributed by atoms with van der Waals surface area (Å²) in [5.74, 6) is 1.17. The van der Waals surface area contributed by atoms with Crippen molar-refractivity contribution in [2.24, 2.45) is 5.41 Å². The molecule has 0 aliphatic heterocycles. The third-order valence-electron chi connectivity index (χ3n) is 5.21. The van der Waals surface area contributed by atoms with Gasteiger partial charge in [0.25, 0.3) is 5.91 Å². The van der Waals surface area contributed by atoms with Gasteiger partial charge in [-0.15, -0.1) is 0 Å². The van der Waals surface area contributed by atoms with Crippen molar-refractivity contribution >= 4 is 5.91 Å².